The molecule has 0 unspecified atom stereocenters. The van der Waals surface area contributed by atoms with Gasteiger partial charge in [-0.2, -0.15) is 5.10 Å². The van der Waals surface area contributed by atoms with Crippen LogP contribution in [0.2, 0.25) is 0 Å². The highest BCUT2D eigenvalue weighted by Crippen LogP contribution is 2.35. The van der Waals surface area contributed by atoms with Crippen LogP contribution < -0.4 is 0 Å². The first kappa shape index (κ1) is 26.4. The van der Waals surface area contributed by atoms with Crippen LogP contribution in [-0.2, 0) is 29.1 Å². The number of carbonyl (C=O) groups excluding carboxylic acids is 1. The minimum atomic E-state index is -2.86. The fourth-order valence-corrected chi connectivity index (χ4v) is 4.34. The van der Waals surface area contributed by atoms with Crippen molar-refractivity contribution in [1.82, 2.24) is 9.78 Å². The number of Topliss-reactive ketones (excluding diaryl/α,β-unsaturated/α-hetero) is 1. The van der Waals surface area contributed by atoms with Crippen molar-refractivity contribution in [2.24, 2.45) is 0 Å². The quantitative estimate of drug-likeness (QED) is 0.244. The SMILES string of the molecule is CCC(F)(F)c1ccc(CC(=O)Cc2ccc(-c3cnn(C(C)(C)C)c3-c3ccc(F)cc3)cc2)cc1. The van der Waals surface area contributed by atoms with Gasteiger partial charge in [-0.25, -0.2) is 13.2 Å². The van der Waals surface area contributed by atoms with Gasteiger partial charge in [0.25, 0.3) is 5.92 Å². The van der Waals surface area contributed by atoms with E-state index in [1.165, 1.54) is 31.2 Å². The van der Waals surface area contributed by atoms with E-state index in [9.17, 15) is 18.0 Å². The van der Waals surface area contributed by atoms with Crippen LogP contribution in [-0.4, -0.2) is 15.6 Å². The third-order valence-electron chi connectivity index (χ3n) is 6.41. The Morgan fingerprint density at radius 2 is 1.32 bits per heavy atom. The zero-order valence-electron chi connectivity index (χ0n) is 21.6. The molecule has 0 radical (unpaired) electrons. The highest BCUT2D eigenvalue weighted by Gasteiger charge is 2.28. The van der Waals surface area contributed by atoms with E-state index in [1.54, 1.807) is 24.3 Å². The van der Waals surface area contributed by atoms with Crippen molar-refractivity contribution in [2.75, 3.05) is 0 Å². The normalized spacial score (nSPS) is 12.1. The molecule has 0 aliphatic rings. The summed E-state index contributed by atoms with van der Waals surface area (Å²) in [6.07, 6.45) is 1.99. The molecule has 0 aliphatic carbocycles. The van der Waals surface area contributed by atoms with E-state index in [2.05, 4.69) is 25.9 Å². The molecule has 0 saturated heterocycles. The Morgan fingerprint density at radius 3 is 1.84 bits per heavy atom. The summed E-state index contributed by atoms with van der Waals surface area (Å²) in [7, 11) is 0. The van der Waals surface area contributed by atoms with Crippen LogP contribution in [0.4, 0.5) is 13.2 Å². The van der Waals surface area contributed by atoms with Gasteiger partial charge in [-0.3, -0.25) is 9.48 Å². The first-order chi connectivity index (χ1) is 17.5. The van der Waals surface area contributed by atoms with Crippen molar-refractivity contribution in [3.8, 4) is 22.4 Å². The van der Waals surface area contributed by atoms with Gasteiger partial charge in [0.05, 0.1) is 17.4 Å². The van der Waals surface area contributed by atoms with Gasteiger partial charge >= 0.3 is 0 Å². The lowest BCUT2D eigenvalue weighted by Gasteiger charge is -2.23. The van der Waals surface area contributed by atoms with Gasteiger partial charge in [0.1, 0.15) is 11.6 Å². The second-order valence-electron chi connectivity index (χ2n) is 10.3. The number of alkyl halides is 2. The highest BCUT2D eigenvalue weighted by molar-refractivity contribution is 5.84. The molecule has 4 rings (SSSR count). The molecule has 0 atom stereocenters. The highest BCUT2D eigenvalue weighted by atomic mass is 19.3. The summed E-state index contributed by atoms with van der Waals surface area (Å²) in [4.78, 5) is 12.7. The van der Waals surface area contributed by atoms with E-state index in [1.807, 2.05) is 35.1 Å². The summed E-state index contributed by atoms with van der Waals surface area (Å²) in [5, 5.41) is 4.63. The Kier molecular flexibility index (Phi) is 7.39. The number of carbonyl (C=O) groups is 1. The second kappa shape index (κ2) is 10.4. The molecule has 6 heteroatoms. The number of aromatic nitrogens is 2. The first-order valence-corrected chi connectivity index (χ1v) is 12.4. The van der Waals surface area contributed by atoms with Crippen LogP contribution in [0.3, 0.4) is 0 Å². The van der Waals surface area contributed by atoms with E-state index >= 15 is 0 Å². The number of nitrogens with zero attached hydrogens (tertiary/aromatic N) is 2. The van der Waals surface area contributed by atoms with Crippen molar-refractivity contribution >= 4 is 5.78 Å². The molecule has 0 N–H and O–H groups in total. The minimum absolute atomic E-state index is 0.00954. The molecule has 0 saturated carbocycles. The van der Waals surface area contributed by atoms with Gasteiger partial charge < -0.3 is 0 Å². The molecule has 0 bridgehead atoms. The molecule has 3 nitrogen and oxygen atoms in total. The smallest absolute Gasteiger partial charge is 0.273 e. The second-order valence-corrected chi connectivity index (χ2v) is 10.3. The molecule has 1 heterocycles. The maximum atomic E-state index is 13.8. The molecule has 0 fully saturated rings. The fourth-order valence-electron chi connectivity index (χ4n) is 4.34. The van der Waals surface area contributed by atoms with Crippen LogP contribution in [0.25, 0.3) is 22.4 Å². The lowest BCUT2D eigenvalue weighted by atomic mass is 9.97. The van der Waals surface area contributed by atoms with Gasteiger partial charge in [0.2, 0.25) is 0 Å². The first-order valence-electron chi connectivity index (χ1n) is 12.4. The Morgan fingerprint density at radius 1 is 0.811 bits per heavy atom. The molecule has 3 aromatic carbocycles. The summed E-state index contributed by atoms with van der Waals surface area (Å²) in [5.74, 6) is -3.14. The summed E-state index contributed by atoms with van der Waals surface area (Å²) in [5.41, 5.74) is 4.90. The van der Waals surface area contributed by atoms with Gasteiger partial charge in [-0.1, -0.05) is 55.5 Å². The van der Waals surface area contributed by atoms with Crippen LogP contribution in [0.15, 0.2) is 79.0 Å². The van der Waals surface area contributed by atoms with Crippen molar-refractivity contribution in [3.05, 3.63) is 102 Å². The van der Waals surface area contributed by atoms with Crippen LogP contribution >= 0.6 is 0 Å². The van der Waals surface area contributed by atoms with Crippen LogP contribution in [0.5, 0.6) is 0 Å². The lowest BCUT2D eigenvalue weighted by molar-refractivity contribution is -0.117. The average Bonchev–Trinajstić information content (AvgIpc) is 3.31. The van der Waals surface area contributed by atoms with Crippen molar-refractivity contribution in [1.29, 1.82) is 0 Å². The Hall–Kier alpha value is -3.67. The molecule has 1 aromatic heterocycles. The number of hydrogen-bond donors (Lipinski definition) is 0. The minimum Gasteiger partial charge on any atom is -0.299 e. The molecular weight excluding hydrogens is 473 g/mol. The number of halogens is 3. The Labute approximate surface area is 216 Å². The standard InChI is InChI=1S/C31H31F3N2O/c1-5-31(33,34)25-14-8-22(9-15-25)19-27(37)18-21-6-10-23(11-7-21)28-20-35-36(30(2,3)4)29(28)24-12-16-26(32)17-13-24/h6-17,20H,5,18-19H2,1-4H3. The topological polar surface area (TPSA) is 34.9 Å². The van der Waals surface area contributed by atoms with E-state index < -0.39 is 5.92 Å². The van der Waals surface area contributed by atoms with E-state index in [0.29, 0.717) is 0 Å². The van der Waals surface area contributed by atoms with E-state index in [4.69, 9.17) is 0 Å². The van der Waals surface area contributed by atoms with Gasteiger partial charge in [-0.15, -0.1) is 0 Å². The summed E-state index contributed by atoms with van der Waals surface area (Å²) >= 11 is 0. The van der Waals surface area contributed by atoms with E-state index in [0.717, 1.165) is 33.5 Å². The predicted octanol–water partition coefficient (Wildman–Crippen LogP) is 7.97. The number of rotatable bonds is 8. The Balaban J connectivity index is 1.51. The molecule has 0 spiro atoms. The fraction of sp³-hybridized carbons (Fsp3) is 0.290. The van der Waals surface area contributed by atoms with Gasteiger partial charge in [0.15, 0.2) is 0 Å². The summed E-state index contributed by atoms with van der Waals surface area (Å²) in [6.45, 7) is 7.64. The zero-order chi connectivity index (χ0) is 26.8. The molecule has 4 aromatic rings. The monoisotopic (exact) mass is 504 g/mol. The van der Waals surface area contributed by atoms with Gasteiger partial charge in [0, 0.05) is 36.0 Å². The number of ketones is 1. The molecule has 0 aliphatic heterocycles. The average molecular weight is 505 g/mol. The summed E-state index contributed by atoms with van der Waals surface area (Å²) in [6, 6.07) is 20.1. The Bertz CT molecular complexity index is 1360. The summed E-state index contributed by atoms with van der Waals surface area (Å²) < 4.78 is 43.2. The zero-order valence-corrected chi connectivity index (χ0v) is 21.6. The largest absolute Gasteiger partial charge is 0.299 e. The lowest BCUT2D eigenvalue weighted by Crippen LogP contribution is -2.24. The van der Waals surface area contributed by atoms with Gasteiger partial charge in [-0.05, 0) is 61.7 Å². The number of benzene rings is 3. The van der Waals surface area contributed by atoms with Crippen molar-refractivity contribution in [3.63, 3.8) is 0 Å². The molecule has 0 amide bonds. The molecular formula is C31H31F3N2O. The predicted molar refractivity (Wildman–Crippen MR) is 141 cm³/mol. The molecule has 37 heavy (non-hydrogen) atoms. The third kappa shape index (κ3) is 6.01. The van der Waals surface area contributed by atoms with Crippen molar-refractivity contribution < 1.29 is 18.0 Å². The maximum Gasteiger partial charge on any atom is 0.273 e. The maximum absolute atomic E-state index is 13.8. The van der Waals surface area contributed by atoms with E-state index in [-0.39, 0.29) is 42.0 Å². The molecule has 192 valence electrons. The van der Waals surface area contributed by atoms with Crippen LogP contribution in [0.1, 0.15) is 50.8 Å². The third-order valence-corrected chi connectivity index (χ3v) is 6.41. The number of hydrogen-bond acceptors (Lipinski definition) is 2. The van der Waals surface area contributed by atoms with Crippen LogP contribution in [0, 0.1) is 5.82 Å². The van der Waals surface area contributed by atoms with Crippen molar-refractivity contribution in [2.45, 2.75) is 58.4 Å².